The van der Waals surface area contributed by atoms with E-state index in [2.05, 4.69) is 10.3 Å². The van der Waals surface area contributed by atoms with Gasteiger partial charge in [-0.15, -0.1) is 0 Å². The highest BCUT2D eigenvalue weighted by Gasteiger charge is 2.11. The van der Waals surface area contributed by atoms with Crippen molar-refractivity contribution >= 4 is 17.3 Å². The SMILES string of the molecule is Cc1cc(NCc2cnc(N(C)C)n2C)ccc1[N+](=O)[O-]. The fourth-order valence-electron chi connectivity index (χ4n) is 2.18. The van der Waals surface area contributed by atoms with Gasteiger partial charge in [-0.3, -0.25) is 10.1 Å². The summed E-state index contributed by atoms with van der Waals surface area (Å²) in [6.45, 7) is 2.34. The molecule has 0 saturated carbocycles. The first-order valence-corrected chi connectivity index (χ1v) is 6.57. The Labute approximate surface area is 123 Å². The summed E-state index contributed by atoms with van der Waals surface area (Å²) in [7, 11) is 5.85. The normalized spacial score (nSPS) is 10.5. The highest BCUT2D eigenvalue weighted by molar-refractivity contribution is 5.53. The van der Waals surface area contributed by atoms with Gasteiger partial charge in [0.2, 0.25) is 5.95 Å². The van der Waals surface area contributed by atoms with Crippen LogP contribution in [0.4, 0.5) is 17.3 Å². The van der Waals surface area contributed by atoms with Crippen molar-refractivity contribution in [2.45, 2.75) is 13.5 Å². The molecule has 21 heavy (non-hydrogen) atoms. The van der Waals surface area contributed by atoms with Gasteiger partial charge in [0.05, 0.1) is 23.4 Å². The number of hydrogen-bond donors (Lipinski definition) is 1. The lowest BCUT2D eigenvalue weighted by atomic mass is 10.2. The average Bonchev–Trinajstić information content (AvgIpc) is 2.77. The Kier molecular flexibility index (Phi) is 4.11. The lowest BCUT2D eigenvalue weighted by molar-refractivity contribution is -0.385. The van der Waals surface area contributed by atoms with E-state index in [1.54, 1.807) is 19.1 Å². The van der Waals surface area contributed by atoms with Crippen LogP contribution in [-0.4, -0.2) is 28.6 Å². The maximum Gasteiger partial charge on any atom is 0.272 e. The molecule has 0 bridgehead atoms. The molecule has 0 saturated heterocycles. The highest BCUT2D eigenvalue weighted by Crippen LogP contribution is 2.22. The Morgan fingerprint density at radius 2 is 2.14 bits per heavy atom. The van der Waals surface area contributed by atoms with Crippen molar-refractivity contribution in [3.8, 4) is 0 Å². The summed E-state index contributed by atoms with van der Waals surface area (Å²) in [6.07, 6.45) is 1.82. The van der Waals surface area contributed by atoms with Crippen LogP contribution < -0.4 is 10.2 Å². The van der Waals surface area contributed by atoms with Gasteiger partial charge in [-0.25, -0.2) is 4.98 Å². The van der Waals surface area contributed by atoms with Gasteiger partial charge < -0.3 is 14.8 Å². The molecular formula is C14H19N5O2. The second kappa shape index (κ2) is 5.82. The third-order valence-electron chi connectivity index (χ3n) is 3.33. The van der Waals surface area contributed by atoms with Crippen molar-refractivity contribution < 1.29 is 4.92 Å². The number of aromatic nitrogens is 2. The third kappa shape index (κ3) is 3.13. The number of benzene rings is 1. The van der Waals surface area contributed by atoms with E-state index in [1.807, 2.05) is 36.8 Å². The van der Waals surface area contributed by atoms with E-state index in [0.717, 1.165) is 17.3 Å². The molecule has 1 aromatic carbocycles. The first-order valence-electron chi connectivity index (χ1n) is 6.57. The van der Waals surface area contributed by atoms with E-state index in [0.29, 0.717) is 12.1 Å². The molecule has 112 valence electrons. The number of nitro benzene ring substituents is 1. The van der Waals surface area contributed by atoms with Gasteiger partial charge in [0.15, 0.2) is 0 Å². The summed E-state index contributed by atoms with van der Waals surface area (Å²) in [5.74, 6) is 0.881. The van der Waals surface area contributed by atoms with E-state index < -0.39 is 0 Å². The number of nitrogens with one attached hydrogen (secondary N) is 1. The number of aryl methyl sites for hydroxylation is 1. The van der Waals surface area contributed by atoms with Gasteiger partial charge in [0.25, 0.3) is 5.69 Å². The number of imidazole rings is 1. The predicted molar refractivity (Wildman–Crippen MR) is 82.7 cm³/mol. The van der Waals surface area contributed by atoms with E-state index >= 15 is 0 Å². The van der Waals surface area contributed by atoms with Crippen molar-refractivity contribution in [1.29, 1.82) is 0 Å². The first-order chi connectivity index (χ1) is 9.90. The van der Waals surface area contributed by atoms with Crippen LogP contribution in [0, 0.1) is 17.0 Å². The molecule has 7 nitrogen and oxygen atoms in total. The predicted octanol–water partition coefficient (Wildman–Crippen LogP) is 2.31. The second-order valence-electron chi connectivity index (χ2n) is 5.11. The Hall–Kier alpha value is -2.57. The summed E-state index contributed by atoms with van der Waals surface area (Å²) in [5, 5.41) is 14.1. The van der Waals surface area contributed by atoms with Crippen molar-refractivity contribution in [2.75, 3.05) is 24.3 Å². The molecule has 7 heteroatoms. The van der Waals surface area contributed by atoms with Crippen LogP contribution in [0.25, 0.3) is 0 Å². The van der Waals surface area contributed by atoms with Crippen molar-refractivity contribution in [2.24, 2.45) is 7.05 Å². The molecule has 2 aromatic rings. The van der Waals surface area contributed by atoms with Gasteiger partial charge in [0, 0.05) is 38.5 Å². The molecule has 1 N–H and O–H groups in total. The summed E-state index contributed by atoms with van der Waals surface area (Å²) in [6, 6.07) is 5.02. The molecule has 1 heterocycles. The van der Waals surface area contributed by atoms with Crippen LogP contribution in [0.2, 0.25) is 0 Å². The maximum absolute atomic E-state index is 10.8. The second-order valence-corrected chi connectivity index (χ2v) is 5.11. The molecule has 0 aliphatic rings. The minimum Gasteiger partial charge on any atom is -0.379 e. The zero-order chi connectivity index (χ0) is 15.6. The molecular weight excluding hydrogens is 270 g/mol. The Morgan fingerprint density at radius 3 is 2.67 bits per heavy atom. The highest BCUT2D eigenvalue weighted by atomic mass is 16.6. The summed E-state index contributed by atoms with van der Waals surface area (Å²) < 4.78 is 2.01. The van der Waals surface area contributed by atoms with E-state index in [1.165, 1.54) is 6.07 Å². The third-order valence-corrected chi connectivity index (χ3v) is 3.33. The number of nitro groups is 1. The molecule has 0 aliphatic heterocycles. The lowest BCUT2D eigenvalue weighted by Gasteiger charge is -2.13. The smallest absolute Gasteiger partial charge is 0.272 e. The lowest BCUT2D eigenvalue weighted by Crippen LogP contribution is -2.15. The molecule has 0 unspecified atom stereocenters. The van der Waals surface area contributed by atoms with Crippen molar-refractivity contribution in [3.63, 3.8) is 0 Å². The quantitative estimate of drug-likeness (QED) is 0.675. The molecule has 0 fully saturated rings. The largest absolute Gasteiger partial charge is 0.379 e. The fourth-order valence-corrected chi connectivity index (χ4v) is 2.18. The van der Waals surface area contributed by atoms with Crippen molar-refractivity contribution in [3.05, 3.63) is 45.8 Å². The Balaban J connectivity index is 2.10. The number of hydrogen-bond acceptors (Lipinski definition) is 5. The zero-order valence-electron chi connectivity index (χ0n) is 12.6. The van der Waals surface area contributed by atoms with Gasteiger partial charge in [-0.05, 0) is 19.1 Å². The first kappa shape index (κ1) is 14.8. The van der Waals surface area contributed by atoms with Gasteiger partial charge in [-0.1, -0.05) is 0 Å². The molecule has 0 spiro atoms. The standard InChI is InChI=1S/C14H19N5O2/c1-10-7-11(5-6-13(10)19(20)21)15-8-12-9-16-14(17(2)3)18(12)4/h5-7,9,15H,8H2,1-4H3. The van der Waals surface area contributed by atoms with E-state index in [-0.39, 0.29) is 10.6 Å². The fraction of sp³-hybridized carbons (Fsp3) is 0.357. The van der Waals surface area contributed by atoms with Crippen LogP contribution in [0.3, 0.4) is 0 Å². The van der Waals surface area contributed by atoms with Gasteiger partial charge in [-0.2, -0.15) is 0 Å². The van der Waals surface area contributed by atoms with Crippen LogP contribution in [0.1, 0.15) is 11.3 Å². The number of anilines is 2. The molecule has 0 atom stereocenters. The van der Waals surface area contributed by atoms with E-state index in [4.69, 9.17) is 0 Å². The average molecular weight is 289 g/mol. The number of nitrogens with zero attached hydrogens (tertiary/aromatic N) is 4. The molecule has 0 aliphatic carbocycles. The zero-order valence-corrected chi connectivity index (χ0v) is 12.6. The van der Waals surface area contributed by atoms with Crippen LogP contribution in [0.15, 0.2) is 24.4 Å². The summed E-state index contributed by atoms with van der Waals surface area (Å²) >= 11 is 0. The Bertz CT molecular complexity index is 663. The summed E-state index contributed by atoms with van der Waals surface area (Å²) in [5.41, 5.74) is 2.67. The van der Waals surface area contributed by atoms with Crippen molar-refractivity contribution in [1.82, 2.24) is 9.55 Å². The summed E-state index contributed by atoms with van der Waals surface area (Å²) in [4.78, 5) is 16.7. The molecule has 0 radical (unpaired) electrons. The Morgan fingerprint density at radius 1 is 1.43 bits per heavy atom. The monoisotopic (exact) mass is 289 g/mol. The van der Waals surface area contributed by atoms with Gasteiger partial charge in [0.1, 0.15) is 0 Å². The minimum absolute atomic E-state index is 0.135. The van der Waals surface area contributed by atoms with E-state index in [9.17, 15) is 10.1 Å². The number of rotatable bonds is 5. The topological polar surface area (TPSA) is 76.2 Å². The maximum atomic E-state index is 10.8. The van der Waals surface area contributed by atoms with Crippen LogP contribution >= 0.6 is 0 Å². The molecule has 0 amide bonds. The minimum atomic E-state index is -0.371. The van der Waals surface area contributed by atoms with Gasteiger partial charge >= 0.3 is 0 Å². The van der Waals surface area contributed by atoms with Crippen LogP contribution in [-0.2, 0) is 13.6 Å². The molecule has 1 aromatic heterocycles. The van der Waals surface area contributed by atoms with Crippen LogP contribution in [0.5, 0.6) is 0 Å². The molecule has 2 rings (SSSR count).